The predicted octanol–water partition coefficient (Wildman–Crippen LogP) is 2.49. The van der Waals surface area contributed by atoms with Gasteiger partial charge in [-0.1, -0.05) is 6.92 Å². The molecule has 1 fully saturated rings. The molecular weight excluding hydrogens is 260 g/mol. The minimum Gasteiger partial charge on any atom is -0.378 e. The van der Waals surface area contributed by atoms with Crippen molar-refractivity contribution in [3.05, 3.63) is 15.8 Å². The van der Waals surface area contributed by atoms with Gasteiger partial charge >= 0.3 is 5.69 Å². The van der Waals surface area contributed by atoms with Crippen LogP contribution >= 0.6 is 0 Å². The van der Waals surface area contributed by atoms with Crippen molar-refractivity contribution in [3.63, 3.8) is 0 Å². The monoisotopic (exact) mass is 282 g/mol. The molecule has 2 heterocycles. The van der Waals surface area contributed by atoms with Gasteiger partial charge in [-0.25, -0.2) is 4.68 Å². The molecule has 7 nitrogen and oxygen atoms in total. The van der Waals surface area contributed by atoms with Crippen molar-refractivity contribution in [1.29, 1.82) is 0 Å². The van der Waals surface area contributed by atoms with Gasteiger partial charge in [0, 0.05) is 19.2 Å². The lowest BCUT2D eigenvalue weighted by atomic mass is 10.0. The van der Waals surface area contributed by atoms with Crippen LogP contribution in [0.15, 0.2) is 0 Å². The van der Waals surface area contributed by atoms with E-state index in [9.17, 15) is 10.1 Å². The standard InChI is InChI=1S/C13H22N4O3/c1-4-6-16-13(12(17(18)19)10(3)15-16)14-11-5-7-20-9(2)8-11/h9,11,14H,4-8H2,1-3H3. The molecule has 2 atom stereocenters. The van der Waals surface area contributed by atoms with Crippen LogP contribution in [-0.2, 0) is 11.3 Å². The Kier molecular flexibility index (Phi) is 4.59. The number of hydrogen-bond acceptors (Lipinski definition) is 5. The van der Waals surface area contributed by atoms with Gasteiger partial charge in [-0.3, -0.25) is 10.1 Å². The van der Waals surface area contributed by atoms with Crippen molar-refractivity contribution in [3.8, 4) is 0 Å². The summed E-state index contributed by atoms with van der Waals surface area (Å²) in [5.41, 5.74) is 0.559. The van der Waals surface area contributed by atoms with Crippen molar-refractivity contribution in [1.82, 2.24) is 9.78 Å². The number of nitrogens with zero attached hydrogens (tertiary/aromatic N) is 3. The maximum Gasteiger partial charge on any atom is 0.333 e. The number of aryl methyl sites for hydroxylation is 2. The Morgan fingerprint density at radius 3 is 2.95 bits per heavy atom. The van der Waals surface area contributed by atoms with Gasteiger partial charge in [0.25, 0.3) is 0 Å². The van der Waals surface area contributed by atoms with Crippen LogP contribution in [0.2, 0.25) is 0 Å². The Balaban J connectivity index is 2.25. The number of anilines is 1. The molecule has 0 aromatic carbocycles. The molecule has 2 unspecified atom stereocenters. The van der Waals surface area contributed by atoms with Gasteiger partial charge in [-0.2, -0.15) is 5.10 Å². The zero-order valence-corrected chi connectivity index (χ0v) is 12.3. The molecule has 2 rings (SSSR count). The van der Waals surface area contributed by atoms with Crippen molar-refractivity contribution < 1.29 is 9.66 Å². The lowest BCUT2D eigenvalue weighted by Crippen LogP contribution is -2.33. The molecule has 0 radical (unpaired) electrons. The van der Waals surface area contributed by atoms with Crippen molar-refractivity contribution in [2.75, 3.05) is 11.9 Å². The number of nitro groups is 1. The molecule has 20 heavy (non-hydrogen) atoms. The largest absolute Gasteiger partial charge is 0.378 e. The van der Waals surface area contributed by atoms with Crippen LogP contribution in [0.5, 0.6) is 0 Å². The van der Waals surface area contributed by atoms with E-state index < -0.39 is 0 Å². The summed E-state index contributed by atoms with van der Waals surface area (Å²) in [6.07, 6.45) is 2.78. The van der Waals surface area contributed by atoms with Crippen LogP contribution < -0.4 is 5.32 Å². The Bertz CT molecular complexity index is 486. The average Bonchev–Trinajstić information content (AvgIpc) is 2.66. The fraction of sp³-hybridized carbons (Fsp3) is 0.769. The van der Waals surface area contributed by atoms with E-state index in [1.807, 2.05) is 13.8 Å². The fourth-order valence-electron chi connectivity index (χ4n) is 2.63. The highest BCUT2D eigenvalue weighted by Gasteiger charge is 2.28. The second-order valence-electron chi connectivity index (χ2n) is 5.31. The SMILES string of the molecule is CCCn1nc(C)c([N+](=O)[O-])c1NC1CCOC(C)C1. The van der Waals surface area contributed by atoms with Crippen molar-refractivity contribution >= 4 is 11.5 Å². The van der Waals surface area contributed by atoms with Crippen molar-refractivity contribution in [2.24, 2.45) is 0 Å². The number of nitrogens with one attached hydrogen (secondary N) is 1. The van der Waals surface area contributed by atoms with Crippen LogP contribution in [0.4, 0.5) is 11.5 Å². The van der Waals surface area contributed by atoms with E-state index in [1.54, 1.807) is 11.6 Å². The van der Waals surface area contributed by atoms with Crippen LogP contribution in [0.1, 0.15) is 38.8 Å². The topological polar surface area (TPSA) is 82.2 Å². The van der Waals surface area contributed by atoms with E-state index in [0.29, 0.717) is 24.7 Å². The van der Waals surface area contributed by atoms with Crippen molar-refractivity contribution in [2.45, 2.75) is 58.7 Å². The molecule has 0 amide bonds. The van der Waals surface area contributed by atoms with Crippen LogP contribution in [0, 0.1) is 17.0 Å². The minimum absolute atomic E-state index is 0.0950. The first kappa shape index (κ1) is 14.8. The Hall–Kier alpha value is -1.63. The summed E-state index contributed by atoms with van der Waals surface area (Å²) in [7, 11) is 0. The van der Waals surface area contributed by atoms with E-state index in [1.165, 1.54) is 0 Å². The lowest BCUT2D eigenvalue weighted by Gasteiger charge is -2.28. The molecule has 1 aliphatic rings. The third-order valence-corrected chi connectivity index (χ3v) is 3.54. The number of aromatic nitrogens is 2. The Labute approximate surface area is 118 Å². The summed E-state index contributed by atoms with van der Waals surface area (Å²) in [4.78, 5) is 10.9. The first-order valence-corrected chi connectivity index (χ1v) is 7.12. The molecule has 1 aliphatic heterocycles. The van der Waals surface area contributed by atoms with E-state index in [-0.39, 0.29) is 22.8 Å². The smallest absolute Gasteiger partial charge is 0.333 e. The van der Waals surface area contributed by atoms with Crippen LogP contribution in [0.25, 0.3) is 0 Å². The molecule has 7 heteroatoms. The van der Waals surface area contributed by atoms with Gasteiger partial charge < -0.3 is 10.1 Å². The normalized spacial score (nSPS) is 22.8. The number of ether oxygens (including phenoxy) is 1. The highest BCUT2D eigenvalue weighted by Crippen LogP contribution is 2.30. The third kappa shape index (κ3) is 3.09. The van der Waals surface area contributed by atoms with Gasteiger partial charge in [0.2, 0.25) is 5.82 Å². The first-order chi connectivity index (χ1) is 9.52. The first-order valence-electron chi connectivity index (χ1n) is 7.12. The quantitative estimate of drug-likeness (QED) is 0.662. The van der Waals surface area contributed by atoms with Gasteiger partial charge in [0.1, 0.15) is 5.69 Å². The molecule has 112 valence electrons. The molecule has 0 saturated carbocycles. The average molecular weight is 282 g/mol. The Morgan fingerprint density at radius 2 is 2.35 bits per heavy atom. The number of rotatable bonds is 5. The zero-order valence-electron chi connectivity index (χ0n) is 12.3. The van der Waals surface area contributed by atoms with E-state index in [0.717, 1.165) is 19.3 Å². The summed E-state index contributed by atoms with van der Waals surface area (Å²) in [5.74, 6) is 0.536. The van der Waals surface area contributed by atoms with Gasteiger partial charge in [0.15, 0.2) is 0 Å². The molecule has 1 saturated heterocycles. The van der Waals surface area contributed by atoms with Gasteiger partial charge in [0.05, 0.1) is 11.0 Å². The summed E-state index contributed by atoms with van der Waals surface area (Å²) in [5, 5.41) is 18.9. The van der Waals surface area contributed by atoms with Crippen LogP contribution in [-0.4, -0.2) is 33.5 Å². The summed E-state index contributed by atoms with van der Waals surface area (Å²) in [6.45, 7) is 7.10. The highest BCUT2D eigenvalue weighted by molar-refractivity contribution is 5.60. The molecule has 1 aromatic rings. The maximum atomic E-state index is 11.3. The molecule has 0 bridgehead atoms. The zero-order chi connectivity index (χ0) is 14.7. The molecule has 1 aromatic heterocycles. The van der Waals surface area contributed by atoms with E-state index >= 15 is 0 Å². The second kappa shape index (κ2) is 6.21. The number of hydrogen-bond donors (Lipinski definition) is 1. The molecule has 0 aliphatic carbocycles. The highest BCUT2D eigenvalue weighted by atomic mass is 16.6. The van der Waals surface area contributed by atoms with Crippen LogP contribution in [0.3, 0.4) is 0 Å². The van der Waals surface area contributed by atoms with Gasteiger partial charge in [-0.05, 0) is 33.1 Å². The minimum atomic E-state index is -0.348. The summed E-state index contributed by atoms with van der Waals surface area (Å²) >= 11 is 0. The summed E-state index contributed by atoms with van der Waals surface area (Å²) < 4.78 is 7.23. The molecule has 0 spiro atoms. The second-order valence-corrected chi connectivity index (χ2v) is 5.31. The molecular formula is C13H22N4O3. The van der Waals surface area contributed by atoms with E-state index in [4.69, 9.17) is 4.74 Å². The summed E-state index contributed by atoms with van der Waals surface area (Å²) in [6, 6.07) is 0.198. The third-order valence-electron chi connectivity index (χ3n) is 3.54. The Morgan fingerprint density at radius 1 is 1.60 bits per heavy atom. The molecule has 1 N–H and O–H groups in total. The predicted molar refractivity (Wildman–Crippen MR) is 76.0 cm³/mol. The van der Waals surface area contributed by atoms with Gasteiger partial charge in [-0.15, -0.1) is 0 Å². The van der Waals surface area contributed by atoms with E-state index in [2.05, 4.69) is 10.4 Å². The fourth-order valence-corrected chi connectivity index (χ4v) is 2.63. The maximum absolute atomic E-state index is 11.3. The lowest BCUT2D eigenvalue weighted by molar-refractivity contribution is -0.384.